The fourth-order valence-electron chi connectivity index (χ4n) is 1.65. The quantitative estimate of drug-likeness (QED) is 0.466. The topological polar surface area (TPSA) is 55.1 Å². The van der Waals surface area contributed by atoms with E-state index in [9.17, 15) is 9.18 Å². The summed E-state index contributed by atoms with van der Waals surface area (Å²) >= 11 is 0. The number of hydrogen-bond acceptors (Lipinski definition) is 2. The zero-order valence-corrected chi connectivity index (χ0v) is 9.59. The summed E-state index contributed by atoms with van der Waals surface area (Å²) < 4.78 is 13.1. The highest BCUT2D eigenvalue weighted by Gasteiger charge is 2.09. The molecule has 3 nitrogen and oxygen atoms in total. The molecular formula is C12H17FN2O. The second kappa shape index (κ2) is 5.61. The van der Waals surface area contributed by atoms with Crippen LogP contribution < -0.4 is 11.3 Å². The molecule has 0 aliphatic carbocycles. The van der Waals surface area contributed by atoms with Gasteiger partial charge in [0.25, 0.3) is 0 Å². The highest BCUT2D eigenvalue weighted by molar-refractivity contribution is 5.75. The van der Waals surface area contributed by atoms with Gasteiger partial charge in [0.05, 0.1) is 0 Å². The first kappa shape index (κ1) is 12.6. The summed E-state index contributed by atoms with van der Waals surface area (Å²) in [6, 6.07) is 4.68. The van der Waals surface area contributed by atoms with Crippen molar-refractivity contribution in [1.82, 2.24) is 5.43 Å². The third kappa shape index (κ3) is 3.31. The molecule has 4 heteroatoms. The Bertz CT molecular complexity index is 377. The van der Waals surface area contributed by atoms with Crippen LogP contribution in [0, 0.1) is 5.82 Å². The van der Waals surface area contributed by atoms with Crippen molar-refractivity contribution in [2.45, 2.75) is 32.6 Å². The first-order valence-electron chi connectivity index (χ1n) is 5.32. The van der Waals surface area contributed by atoms with Crippen molar-refractivity contribution in [3.63, 3.8) is 0 Å². The summed E-state index contributed by atoms with van der Waals surface area (Å²) in [5.41, 5.74) is 4.03. The molecule has 3 N–H and O–H groups in total. The molecule has 0 heterocycles. The van der Waals surface area contributed by atoms with E-state index >= 15 is 0 Å². The van der Waals surface area contributed by atoms with Crippen molar-refractivity contribution in [2.24, 2.45) is 5.84 Å². The number of carbonyl (C=O) groups excluding carboxylic acids is 1. The van der Waals surface area contributed by atoms with Crippen molar-refractivity contribution in [1.29, 1.82) is 0 Å². The van der Waals surface area contributed by atoms with Gasteiger partial charge in [-0.2, -0.15) is 0 Å². The van der Waals surface area contributed by atoms with Gasteiger partial charge in [0.2, 0.25) is 5.91 Å². The molecule has 0 aliphatic heterocycles. The van der Waals surface area contributed by atoms with Crippen molar-refractivity contribution in [2.75, 3.05) is 0 Å². The van der Waals surface area contributed by atoms with Crippen molar-refractivity contribution in [3.8, 4) is 0 Å². The Labute approximate surface area is 94.8 Å². The van der Waals surface area contributed by atoms with Crippen LogP contribution in [0.15, 0.2) is 18.2 Å². The third-order valence-electron chi connectivity index (χ3n) is 2.51. The Hall–Kier alpha value is -1.42. The minimum absolute atomic E-state index is 0.209. The molecule has 0 bridgehead atoms. The molecule has 0 unspecified atom stereocenters. The molecule has 0 aromatic heterocycles. The lowest BCUT2D eigenvalue weighted by molar-refractivity contribution is -0.121. The van der Waals surface area contributed by atoms with Gasteiger partial charge >= 0.3 is 0 Å². The first-order valence-corrected chi connectivity index (χ1v) is 5.32. The van der Waals surface area contributed by atoms with Crippen LogP contribution in [-0.2, 0) is 11.2 Å². The summed E-state index contributed by atoms with van der Waals surface area (Å²) in [5, 5.41) is 0. The van der Waals surface area contributed by atoms with Crippen LogP contribution >= 0.6 is 0 Å². The molecule has 0 fully saturated rings. The van der Waals surface area contributed by atoms with Crippen molar-refractivity contribution >= 4 is 5.91 Å². The van der Waals surface area contributed by atoms with E-state index in [1.165, 1.54) is 12.1 Å². The zero-order chi connectivity index (χ0) is 12.1. The lowest BCUT2D eigenvalue weighted by atomic mass is 9.94. The normalized spacial score (nSPS) is 10.6. The number of hydrogen-bond donors (Lipinski definition) is 2. The smallest absolute Gasteiger partial charge is 0.234 e. The number of nitrogens with one attached hydrogen (secondary N) is 1. The molecule has 1 aromatic carbocycles. The van der Waals surface area contributed by atoms with Crippen LogP contribution in [-0.4, -0.2) is 5.91 Å². The number of nitrogens with two attached hydrogens (primary N) is 1. The van der Waals surface area contributed by atoms with Gasteiger partial charge in [-0.25, -0.2) is 10.2 Å². The van der Waals surface area contributed by atoms with Crippen LogP contribution in [0.3, 0.4) is 0 Å². The van der Waals surface area contributed by atoms with Gasteiger partial charge in [-0.1, -0.05) is 19.9 Å². The fraction of sp³-hybridized carbons (Fsp3) is 0.417. The number of halogens is 1. The molecule has 0 aliphatic rings. The maximum atomic E-state index is 13.1. The SMILES string of the molecule is CC(C)c1cc(F)ccc1CCC(=O)NN. The number of carbonyl (C=O) groups is 1. The number of amides is 1. The van der Waals surface area contributed by atoms with E-state index in [0.29, 0.717) is 12.8 Å². The average molecular weight is 224 g/mol. The summed E-state index contributed by atoms with van der Waals surface area (Å²) in [5.74, 6) is 4.79. The van der Waals surface area contributed by atoms with Crippen molar-refractivity contribution in [3.05, 3.63) is 35.1 Å². The Kier molecular flexibility index (Phi) is 4.43. The Morgan fingerprint density at radius 2 is 2.19 bits per heavy atom. The molecule has 1 aromatic rings. The first-order chi connectivity index (χ1) is 7.54. The van der Waals surface area contributed by atoms with Gasteiger partial charge in [-0.15, -0.1) is 0 Å². The Morgan fingerprint density at radius 1 is 1.50 bits per heavy atom. The Morgan fingerprint density at radius 3 is 2.75 bits per heavy atom. The van der Waals surface area contributed by atoms with Gasteiger partial charge in [-0.3, -0.25) is 10.2 Å². The van der Waals surface area contributed by atoms with Crippen LogP contribution in [0.2, 0.25) is 0 Å². The largest absolute Gasteiger partial charge is 0.294 e. The highest BCUT2D eigenvalue weighted by Crippen LogP contribution is 2.21. The van der Waals surface area contributed by atoms with Gasteiger partial charge in [0, 0.05) is 6.42 Å². The molecule has 1 rings (SSSR count). The number of hydrazine groups is 1. The summed E-state index contributed by atoms with van der Waals surface area (Å²) in [7, 11) is 0. The van der Waals surface area contributed by atoms with Crippen LogP contribution in [0.1, 0.15) is 37.3 Å². The molecule has 0 radical (unpaired) electrons. The molecule has 88 valence electrons. The van der Waals surface area contributed by atoms with E-state index in [2.05, 4.69) is 5.43 Å². The van der Waals surface area contributed by atoms with E-state index < -0.39 is 0 Å². The van der Waals surface area contributed by atoms with E-state index in [1.54, 1.807) is 6.07 Å². The van der Waals surface area contributed by atoms with Gasteiger partial charge in [0.1, 0.15) is 5.82 Å². The minimum Gasteiger partial charge on any atom is -0.294 e. The minimum atomic E-state index is -0.240. The van der Waals surface area contributed by atoms with Gasteiger partial charge in [0.15, 0.2) is 0 Å². The van der Waals surface area contributed by atoms with Crippen molar-refractivity contribution < 1.29 is 9.18 Å². The fourth-order valence-corrected chi connectivity index (χ4v) is 1.65. The number of benzene rings is 1. The molecule has 1 amide bonds. The summed E-state index contributed by atoms with van der Waals surface area (Å²) in [4.78, 5) is 11.0. The third-order valence-corrected chi connectivity index (χ3v) is 2.51. The lowest BCUT2D eigenvalue weighted by Crippen LogP contribution is -2.30. The Balaban J connectivity index is 2.82. The molecule has 0 saturated heterocycles. The molecular weight excluding hydrogens is 207 g/mol. The molecule has 0 spiro atoms. The molecule has 16 heavy (non-hydrogen) atoms. The van der Waals surface area contributed by atoms with Gasteiger partial charge < -0.3 is 0 Å². The maximum absolute atomic E-state index is 13.1. The molecule has 0 atom stereocenters. The van der Waals surface area contributed by atoms with Crippen LogP contribution in [0.5, 0.6) is 0 Å². The summed E-state index contributed by atoms with van der Waals surface area (Å²) in [6.07, 6.45) is 0.901. The van der Waals surface area contributed by atoms with Crippen LogP contribution in [0.25, 0.3) is 0 Å². The molecule has 0 saturated carbocycles. The van der Waals surface area contributed by atoms with E-state index in [-0.39, 0.29) is 17.6 Å². The van der Waals surface area contributed by atoms with E-state index in [0.717, 1.165) is 11.1 Å². The highest BCUT2D eigenvalue weighted by atomic mass is 19.1. The summed E-state index contributed by atoms with van der Waals surface area (Å²) in [6.45, 7) is 4.00. The lowest BCUT2D eigenvalue weighted by Gasteiger charge is -2.12. The monoisotopic (exact) mass is 224 g/mol. The number of rotatable bonds is 4. The van der Waals surface area contributed by atoms with Gasteiger partial charge in [-0.05, 0) is 35.6 Å². The van der Waals surface area contributed by atoms with Crippen LogP contribution in [0.4, 0.5) is 4.39 Å². The second-order valence-corrected chi connectivity index (χ2v) is 4.07. The number of aryl methyl sites for hydroxylation is 1. The van der Waals surface area contributed by atoms with E-state index in [1.807, 2.05) is 13.8 Å². The second-order valence-electron chi connectivity index (χ2n) is 4.07. The average Bonchev–Trinajstić information content (AvgIpc) is 2.26. The zero-order valence-electron chi connectivity index (χ0n) is 9.59. The van der Waals surface area contributed by atoms with E-state index in [4.69, 9.17) is 5.84 Å². The predicted molar refractivity (Wildman–Crippen MR) is 61.1 cm³/mol. The predicted octanol–water partition coefficient (Wildman–Crippen LogP) is 1.87. The maximum Gasteiger partial charge on any atom is 0.234 e. The standard InChI is InChI=1S/C12H17FN2O/c1-8(2)11-7-10(13)5-3-9(11)4-6-12(16)15-14/h3,5,7-8H,4,6,14H2,1-2H3,(H,15,16).